The molecule has 1 atom stereocenters. The first-order valence-corrected chi connectivity index (χ1v) is 9.46. The number of nitrogens with zero attached hydrogens (tertiary/aromatic N) is 1. The van der Waals surface area contributed by atoms with Crippen LogP contribution in [-0.4, -0.2) is 22.5 Å². The van der Waals surface area contributed by atoms with Gasteiger partial charge in [-0.15, -0.1) is 0 Å². The molecule has 26 heavy (non-hydrogen) atoms. The average Bonchev–Trinajstić information content (AvgIpc) is 2.68. The van der Waals surface area contributed by atoms with Crippen LogP contribution in [0.4, 0.5) is 0 Å². The molecule has 1 unspecified atom stereocenters. The number of benzene rings is 2. The Bertz CT molecular complexity index is 851. The van der Waals surface area contributed by atoms with Gasteiger partial charge in [-0.1, -0.05) is 42.0 Å². The Kier molecular flexibility index (Phi) is 4.54. The third kappa shape index (κ3) is 3.26. The largest absolute Gasteiger partial charge is 0.508 e. The quantitative estimate of drug-likeness (QED) is 0.801. The number of phenolic OH excluding ortho intramolecular Hbond substituents is 1. The SMILES string of the molecule is CC1=CCC(C(=O)N2CCc3c(cccc3-c3ccc(O)cc3)C2)CC1. The number of amides is 1. The highest BCUT2D eigenvalue weighted by Gasteiger charge is 2.28. The van der Waals surface area contributed by atoms with Crippen LogP contribution >= 0.6 is 0 Å². The lowest BCUT2D eigenvalue weighted by molar-refractivity contribution is -0.136. The zero-order chi connectivity index (χ0) is 18.1. The summed E-state index contributed by atoms with van der Waals surface area (Å²) in [6, 6.07) is 13.7. The van der Waals surface area contributed by atoms with Gasteiger partial charge >= 0.3 is 0 Å². The van der Waals surface area contributed by atoms with Gasteiger partial charge in [0.25, 0.3) is 0 Å². The van der Waals surface area contributed by atoms with Crippen LogP contribution in [0.1, 0.15) is 37.3 Å². The molecule has 1 aliphatic carbocycles. The van der Waals surface area contributed by atoms with Crippen molar-refractivity contribution in [1.29, 1.82) is 0 Å². The molecule has 1 aliphatic heterocycles. The molecular formula is C23H25NO2. The number of fused-ring (bicyclic) bond motifs is 1. The van der Waals surface area contributed by atoms with E-state index >= 15 is 0 Å². The first-order valence-electron chi connectivity index (χ1n) is 9.46. The summed E-state index contributed by atoms with van der Waals surface area (Å²) < 4.78 is 0. The van der Waals surface area contributed by atoms with Crippen LogP contribution in [0.15, 0.2) is 54.1 Å². The summed E-state index contributed by atoms with van der Waals surface area (Å²) in [4.78, 5) is 15.0. The van der Waals surface area contributed by atoms with Gasteiger partial charge in [0.2, 0.25) is 5.91 Å². The predicted molar refractivity (Wildman–Crippen MR) is 104 cm³/mol. The molecule has 1 amide bonds. The lowest BCUT2D eigenvalue weighted by Gasteiger charge is -2.33. The van der Waals surface area contributed by atoms with E-state index in [9.17, 15) is 9.90 Å². The number of hydrogen-bond donors (Lipinski definition) is 1. The van der Waals surface area contributed by atoms with Gasteiger partial charge in [-0.05, 0) is 67.0 Å². The molecule has 2 aliphatic rings. The van der Waals surface area contributed by atoms with Crippen molar-refractivity contribution in [3.63, 3.8) is 0 Å². The summed E-state index contributed by atoms with van der Waals surface area (Å²) in [6.45, 7) is 3.65. The fourth-order valence-corrected chi connectivity index (χ4v) is 4.16. The highest BCUT2D eigenvalue weighted by molar-refractivity contribution is 5.80. The maximum absolute atomic E-state index is 12.9. The second kappa shape index (κ2) is 6.99. The number of aromatic hydroxyl groups is 1. The molecule has 0 bridgehead atoms. The van der Waals surface area contributed by atoms with Crippen LogP contribution < -0.4 is 0 Å². The van der Waals surface area contributed by atoms with E-state index in [0.29, 0.717) is 12.5 Å². The lowest BCUT2D eigenvalue weighted by Crippen LogP contribution is -2.40. The van der Waals surface area contributed by atoms with Crippen LogP contribution in [-0.2, 0) is 17.8 Å². The van der Waals surface area contributed by atoms with Gasteiger partial charge in [-0.25, -0.2) is 0 Å². The number of rotatable bonds is 2. The van der Waals surface area contributed by atoms with Crippen LogP contribution in [0.3, 0.4) is 0 Å². The minimum absolute atomic E-state index is 0.153. The Labute approximate surface area is 155 Å². The van der Waals surface area contributed by atoms with Gasteiger partial charge in [0.05, 0.1) is 0 Å². The highest BCUT2D eigenvalue weighted by atomic mass is 16.3. The molecule has 0 aromatic heterocycles. The Hall–Kier alpha value is -2.55. The second-order valence-corrected chi connectivity index (χ2v) is 7.52. The zero-order valence-electron chi connectivity index (χ0n) is 15.2. The molecule has 0 saturated carbocycles. The normalized spacial score (nSPS) is 19.7. The molecule has 2 aromatic rings. The third-order valence-corrected chi connectivity index (χ3v) is 5.74. The highest BCUT2D eigenvalue weighted by Crippen LogP contribution is 2.33. The average molecular weight is 347 g/mol. The topological polar surface area (TPSA) is 40.5 Å². The van der Waals surface area contributed by atoms with Crippen molar-refractivity contribution >= 4 is 5.91 Å². The molecule has 3 nitrogen and oxygen atoms in total. The van der Waals surface area contributed by atoms with Crippen LogP contribution in [0.25, 0.3) is 11.1 Å². The minimum atomic E-state index is 0.153. The van der Waals surface area contributed by atoms with Gasteiger partial charge in [0.15, 0.2) is 0 Å². The zero-order valence-corrected chi connectivity index (χ0v) is 15.2. The van der Waals surface area contributed by atoms with Gasteiger partial charge in [-0.3, -0.25) is 4.79 Å². The predicted octanol–water partition coefficient (Wildman–Crippen LogP) is 4.69. The van der Waals surface area contributed by atoms with E-state index in [1.54, 1.807) is 12.1 Å². The standard InChI is InChI=1S/C23H25NO2/c1-16-5-7-18(8-6-16)23(26)24-14-13-22-19(15-24)3-2-4-21(22)17-9-11-20(25)12-10-17/h2-5,9-12,18,25H,6-8,13-15H2,1H3. The maximum atomic E-state index is 12.9. The molecule has 134 valence electrons. The summed E-state index contributed by atoms with van der Waals surface area (Å²) in [5.74, 6) is 0.752. The Balaban J connectivity index is 1.55. The molecule has 1 N–H and O–H groups in total. The van der Waals surface area contributed by atoms with E-state index in [1.807, 2.05) is 17.0 Å². The van der Waals surface area contributed by atoms with Crippen molar-refractivity contribution in [3.8, 4) is 16.9 Å². The fraction of sp³-hybridized carbons (Fsp3) is 0.348. The summed E-state index contributed by atoms with van der Waals surface area (Å²) in [5, 5.41) is 9.53. The monoisotopic (exact) mass is 347 g/mol. The Morgan fingerprint density at radius 2 is 1.92 bits per heavy atom. The molecule has 0 spiro atoms. The van der Waals surface area contributed by atoms with Crippen molar-refractivity contribution in [2.24, 2.45) is 5.92 Å². The first-order chi connectivity index (χ1) is 12.6. The number of allylic oxidation sites excluding steroid dienone is 2. The van der Waals surface area contributed by atoms with Crippen molar-refractivity contribution < 1.29 is 9.90 Å². The molecule has 0 radical (unpaired) electrons. The van der Waals surface area contributed by atoms with Crippen LogP contribution in [0.2, 0.25) is 0 Å². The summed E-state index contributed by atoms with van der Waals surface area (Å²) in [5.41, 5.74) is 6.33. The van der Waals surface area contributed by atoms with Gasteiger partial charge in [0.1, 0.15) is 5.75 Å². The second-order valence-electron chi connectivity index (χ2n) is 7.52. The Morgan fingerprint density at radius 3 is 2.65 bits per heavy atom. The minimum Gasteiger partial charge on any atom is -0.508 e. The summed E-state index contributed by atoms with van der Waals surface area (Å²) >= 11 is 0. The molecular weight excluding hydrogens is 322 g/mol. The van der Waals surface area contributed by atoms with E-state index in [-0.39, 0.29) is 11.7 Å². The van der Waals surface area contributed by atoms with E-state index < -0.39 is 0 Å². The van der Waals surface area contributed by atoms with Gasteiger partial charge in [0, 0.05) is 19.0 Å². The number of phenols is 1. The Morgan fingerprint density at radius 1 is 1.12 bits per heavy atom. The maximum Gasteiger partial charge on any atom is 0.226 e. The molecule has 0 fully saturated rings. The molecule has 0 saturated heterocycles. The first kappa shape index (κ1) is 16.9. The van der Waals surface area contributed by atoms with Crippen molar-refractivity contribution in [2.75, 3.05) is 6.54 Å². The molecule has 1 heterocycles. The van der Waals surface area contributed by atoms with Gasteiger partial charge < -0.3 is 10.0 Å². The van der Waals surface area contributed by atoms with E-state index in [4.69, 9.17) is 0 Å². The third-order valence-electron chi connectivity index (χ3n) is 5.74. The van der Waals surface area contributed by atoms with Crippen molar-refractivity contribution in [1.82, 2.24) is 4.90 Å². The summed E-state index contributed by atoms with van der Waals surface area (Å²) in [6.07, 6.45) is 6.04. The number of carbonyl (C=O) groups excluding carboxylic acids is 1. The molecule has 2 aromatic carbocycles. The lowest BCUT2D eigenvalue weighted by atomic mass is 9.87. The van der Waals surface area contributed by atoms with E-state index in [2.05, 4.69) is 31.2 Å². The smallest absolute Gasteiger partial charge is 0.226 e. The molecule has 4 rings (SSSR count). The van der Waals surface area contributed by atoms with Crippen LogP contribution in [0, 0.1) is 5.92 Å². The fourth-order valence-electron chi connectivity index (χ4n) is 4.16. The number of hydrogen-bond acceptors (Lipinski definition) is 2. The van der Waals surface area contributed by atoms with Crippen molar-refractivity contribution in [2.45, 2.75) is 39.2 Å². The van der Waals surface area contributed by atoms with Gasteiger partial charge in [-0.2, -0.15) is 0 Å². The van der Waals surface area contributed by atoms with E-state index in [0.717, 1.165) is 37.8 Å². The van der Waals surface area contributed by atoms with E-state index in [1.165, 1.54) is 22.3 Å². The van der Waals surface area contributed by atoms with Crippen LogP contribution in [0.5, 0.6) is 5.75 Å². The molecule has 3 heteroatoms. The van der Waals surface area contributed by atoms with Crippen molar-refractivity contribution in [3.05, 3.63) is 65.2 Å². The summed E-state index contributed by atoms with van der Waals surface area (Å²) in [7, 11) is 0. The number of carbonyl (C=O) groups is 1.